The van der Waals surface area contributed by atoms with Crippen molar-refractivity contribution in [1.29, 1.82) is 0 Å². The summed E-state index contributed by atoms with van der Waals surface area (Å²) < 4.78 is 31.6. The van der Waals surface area contributed by atoms with E-state index in [1.807, 2.05) is 39.8 Å². The number of nitrogens with zero attached hydrogens (tertiary/aromatic N) is 1. The minimum atomic E-state index is -0.853. The first-order valence-corrected chi connectivity index (χ1v) is 17.9. The van der Waals surface area contributed by atoms with Crippen LogP contribution in [0.15, 0.2) is 23.3 Å². The fourth-order valence-corrected chi connectivity index (χ4v) is 6.60. The van der Waals surface area contributed by atoms with Crippen LogP contribution in [0.2, 0.25) is 0 Å². The molecule has 0 radical (unpaired) electrons. The van der Waals surface area contributed by atoms with Gasteiger partial charge in [0, 0.05) is 54.7 Å². The molecule has 296 valence electrons. The Kier molecular flexibility index (Phi) is 17.5. The summed E-state index contributed by atoms with van der Waals surface area (Å²) >= 11 is 0. The smallest absolute Gasteiger partial charge is 1.00 e. The summed E-state index contributed by atoms with van der Waals surface area (Å²) in [6.07, 6.45) is 5.86. The van der Waals surface area contributed by atoms with Gasteiger partial charge in [0.15, 0.2) is 0 Å². The summed E-state index contributed by atoms with van der Waals surface area (Å²) in [7, 11) is 3.05. The van der Waals surface area contributed by atoms with E-state index < -0.39 is 17.9 Å². The van der Waals surface area contributed by atoms with E-state index in [-0.39, 0.29) is 79.2 Å². The molecule has 0 unspecified atom stereocenters. The number of benzene rings is 2. The molecule has 0 spiro atoms. The van der Waals surface area contributed by atoms with Gasteiger partial charge in [-0.2, -0.15) is 0 Å². The minimum absolute atomic E-state index is 0. The van der Waals surface area contributed by atoms with Gasteiger partial charge in [-0.1, -0.05) is 23.3 Å². The van der Waals surface area contributed by atoms with Crippen molar-refractivity contribution < 1.29 is 93.9 Å². The molecule has 0 bridgehead atoms. The number of carboxylic acid groups (broad SMARTS) is 1. The fraction of sp³-hybridized carbons (Fsp3) is 0.500. The topological polar surface area (TPSA) is 188 Å². The molecule has 14 nitrogen and oxygen atoms in total. The van der Waals surface area contributed by atoms with Crippen LogP contribution in [0, 0.1) is 13.8 Å². The largest absolute Gasteiger partial charge is 1.00 e. The third-order valence-electron chi connectivity index (χ3n) is 9.84. The second kappa shape index (κ2) is 21.3. The van der Waals surface area contributed by atoms with Crippen molar-refractivity contribution in [3.63, 3.8) is 0 Å². The Morgan fingerprint density at radius 2 is 1.24 bits per heavy atom. The first-order chi connectivity index (χ1) is 25.8. The number of aliphatic carboxylic acids is 1. The third kappa shape index (κ3) is 11.5. The van der Waals surface area contributed by atoms with E-state index in [1.54, 1.807) is 7.11 Å². The molecule has 5 rings (SSSR count). The molecule has 0 atom stereocenters. The van der Waals surface area contributed by atoms with Crippen molar-refractivity contribution in [2.75, 3.05) is 53.7 Å². The number of phenols is 2. The summed E-state index contributed by atoms with van der Waals surface area (Å²) in [6, 6.07) is 0. The molecule has 3 N–H and O–H groups in total. The van der Waals surface area contributed by atoms with E-state index in [9.17, 15) is 29.4 Å². The summed E-state index contributed by atoms with van der Waals surface area (Å²) in [5.74, 6) is -1.25. The van der Waals surface area contributed by atoms with Gasteiger partial charge in [0.25, 0.3) is 0 Å². The summed E-state index contributed by atoms with van der Waals surface area (Å²) in [6.45, 7) is 12.0. The van der Waals surface area contributed by atoms with Gasteiger partial charge in [-0.3, -0.25) is 14.5 Å². The number of carboxylic acids is 1. The number of hydrogen-bond donors (Lipinski definition) is 3. The average molecular weight is 778 g/mol. The van der Waals surface area contributed by atoms with Crippen LogP contribution in [0.3, 0.4) is 0 Å². The molecule has 15 heteroatoms. The van der Waals surface area contributed by atoms with Crippen LogP contribution >= 0.6 is 0 Å². The maximum Gasteiger partial charge on any atom is 1.00 e. The van der Waals surface area contributed by atoms with Gasteiger partial charge in [-0.25, -0.2) is 9.59 Å². The van der Waals surface area contributed by atoms with Gasteiger partial charge >= 0.3 is 53.4 Å². The number of cyclic esters (lactones) is 2. The summed E-state index contributed by atoms with van der Waals surface area (Å²) in [5.41, 5.74) is 6.27. The van der Waals surface area contributed by atoms with Crippen molar-refractivity contribution in [1.82, 2.24) is 4.90 Å². The first-order valence-electron chi connectivity index (χ1n) is 17.9. The van der Waals surface area contributed by atoms with Crippen LogP contribution in [0.4, 0.5) is 0 Å². The number of aromatic hydroxyl groups is 2. The normalized spacial score (nSPS) is 15.2. The maximum absolute atomic E-state index is 12.0. The van der Waals surface area contributed by atoms with Crippen LogP contribution < -0.4 is 39.0 Å². The van der Waals surface area contributed by atoms with Gasteiger partial charge in [0.1, 0.15) is 53.9 Å². The predicted molar refractivity (Wildman–Crippen MR) is 197 cm³/mol. The van der Waals surface area contributed by atoms with E-state index in [0.717, 1.165) is 55.1 Å². The third-order valence-corrected chi connectivity index (χ3v) is 9.84. The second-order valence-electron chi connectivity index (χ2n) is 13.4. The van der Waals surface area contributed by atoms with Crippen LogP contribution in [0.25, 0.3) is 0 Å². The van der Waals surface area contributed by atoms with Crippen molar-refractivity contribution in [2.24, 2.45) is 0 Å². The maximum atomic E-state index is 12.0. The standard InChI is InChI=1S/C23H31NO7.C17H20O6.Na.H/c1-15(5-7-19(25)30-13-10-24-8-11-29-12-9-24)4-6-17-21(26)20-18(14-31-23(20)27)16(2)22(17)28-3;1-9(5-7-13(18)19)4-6-11-15(20)14-12(8-23-17(14)21)10(2)16(11)22-3;;/h4,26H,5-14H2,1-3H3;4,20H,5-8H2,1-3H3,(H,18,19);;/q;;+1;-1/b15-4+;9-4+;;. The molecule has 0 aliphatic carbocycles. The number of carbonyl (C=O) groups excluding carboxylic acids is 3. The molecule has 1 saturated heterocycles. The molecule has 2 aromatic carbocycles. The van der Waals surface area contributed by atoms with Crippen LogP contribution in [0.1, 0.15) is 95.1 Å². The van der Waals surface area contributed by atoms with Gasteiger partial charge in [0.2, 0.25) is 0 Å². The monoisotopic (exact) mass is 777 g/mol. The average Bonchev–Trinajstić information content (AvgIpc) is 3.75. The number of rotatable bonds is 15. The van der Waals surface area contributed by atoms with E-state index in [0.29, 0.717) is 72.5 Å². The first kappa shape index (κ1) is 45.3. The van der Waals surface area contributed by atoms with Crippen molar-refractivity contribution >= 4 is 23.9 Å². The van der Waals surface area contributed by atoms with E-state index in [4.69, 9.17) is 33.5 Å². The van der Waals surface area contributed by atoms with Crippen LogP contribution in [0.5, 0.6) is 23.0 Å². The number of carbonyl (C=O) groups is 4. The minimum Gasteiger partial charge on any atom is -1.00 e. The summed E-state index contributed by atoms with van der Waals surface area (Å²) in [4.78, 5) is 48.6. The van der Waals surface area contributed by atoms with Gasteiger partial charge in [0.05, 0.1) is 27.4 Å². The number of hydrogen-bond acceptors (Lipinski definition) is 13. The molecular weight excluding hydrogens is 725 g/mol. The molecule has 0 saturated carbocycles. The Morgan fingerprint density at radius 1 is 0.782 bits per heavy atom. The van der Waals surface area contributed by atoms with Crippen molar-refractivity contribution in [3.05, 3.63) is 67.8 Å². The Morgan fingerprint density at radius 3 is 1.67 bits per heavy atom. The zero-order valence-electron chi connectivity index (χ0n) is 33.9. The Bertz CT molecular complexity index is 1820. The van der Waals surface area contributed by atoms with Crippen molar-refractivity contribution in [3.8, 4) is 23.0 Å². The van der Waals surface area contributed by atoms with E-state index >= 15 is 0 Å². The van der Waals surface area contributed by atoms with E-state index in [2.05, 4.69) is 4.90 Å². The van der Waals surface area contributed by atoms with Gasteiger partial charge < -0.3 is 45.2 Å². The van der Waals surface area contributed by atoms with Crippen molar-refractivity contribution in [2.45, 2.75) is 79.4 Å². The molecular formula is C40H52NNaO13. The Hall–Kier alpha value is -4.08. The van der Waals surface area contributed by atoms with Crippen LogP contribution in [-0.2, 0) is 54.6 Å². The number of morpholine rings is 1. The zero-order chi connectivity index (χ0) is 39.5. The SMILES string of the molecule is COc1c(C)c2c(c(O)c1C/C=C(\C)CCC(=O)O)C(=O)OC2.COc1c(C)c2c(c(O)c1C/C=C(\C)CCC(=O)OCCN1CCOCC1)C(=O)OC2.[H-].[Na+]. The number of phenolic OH excluding ortho intramolecular Hbond substituents is 2. The molecule has 55 heavy (non-hydrogen) atoms. The number of allylic oxidation sites excluding steroid dienone is 4. The van der Waals surface area contributed by atoms with Gasteiger partial charge in [-0.15, -0.1) is 0 Å². The second-order valence-corrected chi connectivity index (χ2v) is 13.4. The van der Waals surface area contributed by atoms with Crippen LogP contribution in [-0.4, -0.2) is 97.8 Å². The zero-order valence-corrected chi connectivity index (χ0v) is 34.9. The number of esters is 3. The molecule has 1 fully saturated rings. The number of methoxy groups -OCH3 is 2. The summed E-state index contributed by atoms with van der Waals surface area (Å²) in [5, 5.41) is 29.8. The molecule has 3 aliphatic rings. The molecule has 0 amide bonds. The Labute approximate surface area is 345 Å². The molecule has 3 heterocycles. The van der Waals surface area contributed by atoms with Gasteiger partial charge in [-0.05, 0) is 64.5 Å². The number of fused-ring (bicyclic) bond motifs is 2. The molecule has 3 aliphatic heterocycles. The van der Waals surface area contributed by atoms with E-state index in [1.165, 1.54) is 7.11 Å². The molecule has 2 aromatic rings. The fourth-order valence-electron chi connectivity index (χ4n) is 6.60. The number of ether oxygens (including phenoxy) is 6. The quantitative estimate of drug-likeness (QED) is 0.104. The Balaban J connectivity index is 0.000000389. The molecule has 0 aromatic heterocycles. The predicted octanol–water partition coefficient (Wildman–Crippen LogP) is 2.37.